The Balaban J connectivity index is 1.42. The van der Waals surface area contributed by atoms with Gasteiger partial charge in [0.05, 0.1) is 41.8 Å². The number of carbonyl (C=O) groups is 1. The van der Waals surface area contributed by atoms with Gasteiger partial charge >= 0.3 is 0 Å². The Kier molecular flexibility index (Phi) is 7.03. The molecule has 0 saturated carbocycles. The number of likely N-dealkylation sites (N-methyl/N-ethyl adjacent to an activating group) is 1. The van der Waals surface area contributed by atoms with Crippen molar-refractivity contribution in [3.05, 3.63) is 0 Å². The number of nitrogens with two attached hydrogens (primary N) is 1. The number of piperidine rings is 1. The molecule has 7 atom stereocenters. The van der Waals surface area contributed by atoms with Crippen molar-refractivity contribution in [1.29, 1.82) is 5.26 Å². The predicted octanol–water partition coefficient (Wildman–Crippen LogP) is -2.16. The van der Waals surface area contributed by atoms with E-state index in [-0.39, 0.29) is 30.1 Å². The lowest BCUT2D eigenvalue weighted by molar-refractivity contribution is -0.128. The number of rotatable bonds is 4. The zero-order valence-electron chi connectivity index (χ0n) is 19.4. The summed E-state index contributed by atoms with van der Waals surface area (Å²) in [7, 11) is 2.08. The third-order valence-corrected chi connectivity index (χ3v) is 7.75. The Morgan fingerprint density at radius 3 is 2.62 bits per heavy atom. The SMILES string of the molecule is CN1CCN(C2C(F)CNCC2NC(=O)C2C(N)NN3CC(C(C)(C)C#N)CNC23)CC1. The van der Waals surface area contributed by atoms with Gasteiger partial charge in [0.15, 0.2) is 0 Å². The number of hydrogen-bond donors (Lipinski definition) is 5. The van der Waals surface area contributed by atoms with Crippen LogP contribution in [-0.4, -0.2) is 111 Å². The van der Waals surface area contributed by atoms with Crippen molar-refractivity contribution in [3.63, 3.8) is 0 Å². The minimum absolute atomic E-state index is 0.113. The molecule has 0 aromatic carbocycles. The lowest BCUT2D eigenvalue weighted by atomic mass is 9.78. The second-order valence-corrected chi connectivity index (χ2v) is 10.3. The molecular weight excluding hydrogens is 413 g/mol. The molecule has 0 aliphatic carbocycles. The molecular formula is C21H38FN9O. The number of halogens is 1. The molecule has 6 N–H and O–H groups in total. The van der Waals surface area contributed by atoms with Gasteiger partial charge in [-0.05, 0) is 20.9 Å². The quantitative estimate of drug-likeness (QED) is 0.325. The molecule has 0 radical (unpaired) electrons. The van der Waals surface area contributed by atoms with Crippen LogP contribution < -0.4 is 27.1 Å². The fourth-order valence-corrected chi connectivity index (χ4v) is 5.48. The van der Waals surface area contributed by atoms with Crippen molar-refractivity contribution < 1.29 is 9.18 Å². The van der Waals surface area contributed by atoms with Gasteiger partial charge in [0.1, 0.15) is 6.17 Å². The van der Waals surface area contributed by atoms with Crippen molar-refractivity contribution in [3.8, 4) is 6.07 Å². The summed E-state index contributed by atoms with van der Waals surface area (Å²) < 4.78 is 15.0. The topological polar surface area (TPSA) is 125 Å². The minimum atomic E-state index is -1.04. The fraction of sp³-hybridized carbons (Fsp3) is 0.905. The molecule has 180 valence electrons. The van der Waals surface area contributed by atoms with Gasteiger partial charge in [0.2, 0.25) is 5.91 Å². The van der Waals surface area contributed by atoms with E-state index >= 15 is 0 Å². The first-order chi connectivity index (χ1) is 15.2. The van der Waals surface area contributed by atoms with E-state index in [1.54, 1.807) is 0 Å². The van der Waals surface area contributed by atoms with Gasteiger partial charge in [0.25, 0.3) is 0 Å². The number of hydrogen-bond acceptors (Lipinski definition) is 9. The van der Waals surface area contributed by atoms with Crippen LogP contribution in [0.3, 0.4) is 0 Å². The van der Waals surface area contributed by atoms with Crippen molar-refractivity contribution in [2.45, 2.75) is 44.4 Å². The van der Waals surface area contributed by atoms with Gasteiger partial charge < -0.3 is 21.3 Å². The Labute approximate surface area is 190 Å². The Bertz CT molecular complexity index is 723. The normalized spacial score (nSPS) is 39.9. The first-order valence-corrected chi connectivity index (χ1v) is 11.7. The van der Waals surface area contributed by atoms with Crippen LogP contribution in [0, 0.1) is 28.6 Å². The molecule has 0 bridgehead atoms. The van der Waals surface area contributed by atoms with E-state index in [9.17, 15) is 14.4 Å². The number of amides is 1. The average Bonchev–Trinajstić information content (AvgIpc) is 3.09. The molecule has 4 rings (SSSR count). The van der Waals surface area contributed by atoms with E-state index in [0.717, 1.165) is 26.2 Å². The predicted molar refractivity (Wildman–Crippen MR) is 119 cm³/mol. The third-order valence-electron chi connectivity index (χ3n) is 7.75. The van der Waals surface area contributed by atoms with Crippen molar-refractivity contribution in [2.24, 2.45) is 23.0 Å². The number of alkyl halides is 1. The molecule has 7 unspecified atom stereocenters. The van der Waals surface area contributed by atoms with Gasteiger partial charge in [-0.1, -0.05) is 0 Å². The summed E-state index contributed by atoms with van der Waals surface area (Å²) in [6, 6.07) is 1.73. The van der Waals surface area contributed by atoms with E-state index < -0.39 is 23.7 Å². The van der Waals surface area contributed by atoms with Crippen LogP contribution in [-0.2, 0) is 4.79 Å². The Morgan fingerprint density at radius 1 is 1.22 bits per heavy atom. The number of carbonyl (C=O) groups excluding carboxylic acids is 1. The fourth-order valence-electron chi connectivity index (χ4n) is 5.48. The number of hydrazine groups is 1. The minimum Gasteiger partial charge on any atom is -0.350 e. The Hall–Kier alpha value is -1.39. The van der Waals surface area contributed by atoms with Crippen LogP contribution in [0.15, 0.2) is 0 Å². The maximum Gasteiger partial charge on any atom is 0.229 e. The molecule has 32 heavy (non-hydrogen) atoms. The molecule has 4 aliphatic heterocycles. The van der Waals surface area contributed by atoms with E-state index in [4.69, 9.17) is 5.73 Å². The van der Waals surface area contributed by atoms with Crippen molar-refractivity contribution in [2.75, 3.05) is 59.4 Å². The lowest BCUT2D eigenvalue weighted by Crippen LogP contribution is -2.68. The zero-order chi connectivity index (χ0) is 23.0. The molecule has 0 aromatic heterocycles. The van der Waals surface area contributed by atoms with Crippen LogP contribution in [0.5, 0.6) is 0 Å². The van der Waals surface area contributed by atoms with Gasteiger partial charge in [-0.15, -0.1) is 0 Å². The second kappa shape index (κ2) is 9.46. The first kappa shape index (κ1) is 23.8. The van der Waals surface area contributed by atoms with E-state index in [1.165, 1.54) is 0 Å². The molecule has 4 heterocycles. The molecule has 4 fully saturated rings. The summed E-state index contributed by atoms with van der Waals surface area (Å²) in [5, 5.41) is 21.1. The molecule has 4 saturated heterocycles. The summed E-state index contributed by atoms with van der Waals surface area (Å²) in [5.74, 6) is -0.556. The second-order valence-electron chi connectivity index (χ2n) is 10.3. The highest BCUT2D eigenvalue weighted by Gasteiger charge is 2.50. The highest BCUT2D eigenvalue weighted by Crippen LogP contribution is 2.32. The molecule has 0 spiro atoms. The van der Waals surface area contributed by atoms with Crippen molar-refractivity contribution >= 4 is 5.91 Å². The standard InChI is InChI=1S/C21H38FN9O/c1-21(2,12-23)13-8-26-19-16(18(24)28-31(19)11-13)20(32)27-15-10-25-9-14(22)17(15)30-6-4-29(3)5-7-30/h13-19,25-26,28H,4-11,24H2,1-3H3,(H,27,32). The number of nitrogens with one attached hydrogen (secondary N) is 4. The van der Waals surface area contributed by atoms with Gasteiger partial charge in [0, 0.05) is 58.3 Å². The summed E-state index contributed by atoms with van der Waals surface area (Å²) in [6.45, 7) is 9.38. The third kappa shape index (κ3) is 4.63. The van der Waals surface area contributed by atoms with Gasteiger partial charge in [-0.2, -0.15) is 5.26 Å². The highest BCUT2D eigenvalue weighted by atomic mass is 19.1. The molecule has 10 nitrogen and oxygen atoms in total. The van der Waals surface area contributed by atoms with E-state index in [0.29, 0.717) is 26.2 Å². The van der Waals surface area contributed by atoms with Crippen LogP contribution in [0.4, 0.5) is 4.39 Å². The van der Waals surface area contributed by atoms with Crippen molar-refractivity contribution in [1.82, 2.24) is 36.2 Å². The maximum absolute atomic E-state index is 15.0. The van der Waals surface area contributed by atoms with Crippen LogP contribution >= 0.6 is 0 Å². The molecule has 4 aliphatic rings. The molecule has 1 amide bonds. The van der Waals surface area contributed by atoms with E-state index in [1.807, 2.05) is 18.9 Å². The first-order valence-electron chi connectivity index (χ1n) is 11.7. The largest absolute Gasteiger partial charge is 0.350 e. The monoisotopic (exact) mass is 451 g/mol. The number of piperazine rings is 1. The molecule has 11 heteroatoms. The summed E-state index contributed by atoms with van der Waals surface area (Å²) in [4.78, 5) is 17.8. The lowest BCUT2D eigenvalue weighted by Gasteiger charge is -2.45. The summed E-state index contributed by atoms with van der Waals surface area (Å²) in [6.07, 6.45) is -1.84. The van der Waals surface area contributed by atoms with Crippen LogP contribution in [0.25, 0.3) is 0 Å². The van der Waals surface area contributed by atoms with E-state index in [2.05, 4.69) is 44.3 Å². The van der Waals surface area contributed by atoms with Gasteiger partial charge in [-0.25, -0.2) is 14.8 Å². The maximum atomic E-state index is 15.0. The van der Waals surface area contributed by atoms with Crippen LogP contribution in [0.1, 0.15) is 13.8 Å². The van der Waals surface area contributed by atoms with Gasteiger partial charge in [-0.3, -0.25) is 15.0 Å². The smallest absolute Gasteiger partial charge is 0.229 e. The number of nitriles is 1. The summed E-state index contributed by atoms with van der Waals surface area (Å²) in [5.41, 5.74) is 9.06. The number of fused-ring (bicyclic) bond motifs is 1. The average molecular weight is 452 g/mol. The zero-order valence-corrected chi connectivity index (χ0v) is 19.4. The summed E-state index contributed by atoms with van der Waals surface area (Å²) >= 11 is 0. The Morgan fingerprint density at radius 2 is 1.94 bits per heavy atom. The highest BCUT2D eigenvalue weighted by molar-refractivity contribution is 5.81. The number of nitrogens with zero attached hydrogens (tertiary/aromatic N) is 4. The molecule has 0 aromatic rings. The van der Waals surface area contributed by atoms with Crippen LogP contribution in [0.2, 0.25) is 0 Å².